The standard InChI is InChI=1S/C9H27O3PSeSi2/c1-14(2,3)13(10,11-15(4,5)6)12-16(7,8)9/h1-9H3. The molecular formula is C9H27O3PSeSi2. The number of hydrogen-bond donors (Lipinski definition) is 0. The molecule has 0 radical (unpaired) electrons. The van der Waals surface area contributed by atoms with Crippen LogP contribution in [0.3, 0.4) is 0 Å². The average Bonchev–Trinajstić information content (AvgIpc) is 1.72. The van der Waals surface area contributed by atoms with Crippen molar-refractivity contribution in [1.29, 1.82) is 0 Å². The summed E-state index contributed by atoms with van der Waals surface area (Å²) in [4.78, 5) is 0. The molecule has 0 spiro atoms. The predicted molar refractivity (Wildman–Crippen MR) is 79.8 cm³/mol. The van der Waals surface area contributed by atoms with Crippen molar-refractivity contribution >= 4 is 35.3 Å². The molecule has 0 rings (SSSR count). The normalized spacial score (nSPS) is 16.3. The van der Waals surface area contributed by atoms with Gasteiger partial charge >= 0.3 is 105 Å². The molecule has 0 saturated carbocycles. The molecule has 100 valence electrons. The molecule has 16 heavy (non-hydrogen) atoms. The summed E-state index contributed by atoms with van der Waals surface area (Å²) in [6.45, 7) is 12.4. The molecule has 0 aromatic carbocycles. The van der Waals surface area contributed by atoms with Gasteiger partial charge in [-0.2, -0.15) is 0 Å². The second kappa shape index (κ2) is 5.00. The van der Waals surface area contributed by atoms with Gasteiger partial charge in [0, 0.05) is 0 Å². The van der Waals surface area contributed by atoms with E-state index in [2.05, 4.69) is 56.7 Å². The first kappa shape index (κ1) is 17.1. The molecule has 0 amide bonds. The third-order valence-electron chi connectivity index (χ3n) is 1.44. The van der Waals surface area contributed by atoms with Crippen LogP contribution in [0.4, 0.5) is 0 Å². The number of hydrogen-bond acceptors (Lipinski definition) is 3. The van der Waals surface area contributed by atoms with E-state index in [1.807, 2.05) is 0 Å². The molecule has 0 N–H and O–H groups in total. The van der Waals surface area contributed by atoms with E-state index in [0.29, 0.717) is 0 Å². The fraction of sp³-hybridized carbons (Fsp3) is 1.00. The van der Waals surface area contributed by atoms with Crippen molar-refractivity contribution in [2.45, 2.75) is 56.7 Å². The summed E-state index contributed by atoms with van der Waals surface area (Å²) in [5.41, 5.74) is 0. The van der Waals surface area contributed by atoms with E-state index >= 15 is 0 Å². The Morgan fingerprint density at radius 3 is 1.19 bits per heavy atom. The van der Waals surface area contributed by atoms with Crippen molar-refractivity contribution in [2.24, 2.45) is 0 Å². The minimum atomic E-state index is -2.87. The quantitative estimate of drug-likeness (QED) is 0.532. The molecule has 0 unspecified atom stereocenters. The van der Waals surface area contributed by atoms with Crippen LogP contribution >= 0.6 is 6.29 Å². The molecule has 0 fully saturated rings. The number of rotatable bonds is 5. The second-order valence-electron chi connectivity index (χ2n) is 6.63. The van der Waals surface area contributed by atoms with Gasteiger partial charge in [0.05, 0.1) is 0 Å². The third kappa shape index (κ3) is 6.15. The third-order valence-corrected chi connectivity index (χ3v) is 20.2. The van der Waals surface area contributed by atoms with Crippen LogP contribution in [0.25, 0.3) is 0 Å². The van der Waals surface area contributed by atoms with Crippen LogP contribution in [0, 0.1) is 0 Å². The van der Waals surface area contributed by atoms with E-state index in [1.165, 1.54) is 0 Å². The molecule has 0 aliphatic rings. The summed E-state index contributed by atoms with van der Waals surface area (Å²) in [6.07, 6.45) is -2.87. The zero-order chi connectivity index (χ0) is 13.4. The van der Waals surface area contributed by atoms with Gasteiger partial charge in [-0.25, -0.2) is 0 Å². The van der Waals surface area contributed by atoms with Crippen LogP contribution in [0.15, 0.2) is 0 Å². The van der Waals surface area contributed by atoms with Gasteiger partial charge in [0.2, 0.25) is 0 Å². The van der Waals surface area contributed by atoms with Gasteiger partial charge in [-0.1, -0.05) is 0 Å². The minimum absolute atomic E-state index is 1.83. The Morgan fingerprint density at radius 2 is 1.06 bits per heavy atom. The van der Waals surface area contributed by atoms with Crippen LogP contribution in [0.2, 0.25) is 56.7 Å². The van der Waals surface area contributed by atoms with Crippen LogP contribution in [-0.4, -0.2) is 29.0 Å². The molecule has 3 nitrogen and oxygen atoms in total. The van der Waals surface area contributed by atoms with Gasteiger partial charge in [-0.3, -0.25) is 0 Å². The van der Waals surface area contributed by atoms with Crippen molar-refractivity contribution < 1.29 is 13.0 Å². The molecule has 0 aromatic heterocycles. The van der Waals surface area contributed by atoms with Crippen LogP contribution in [0.5, 0.6) is 0 Å². The molecule has 7 heteroatoms. The second-order valence-corrected chi connectivity index (χ2v) is 33.4. The Hall–Kier alpha value is 1.10. The fourth-order valence-electron chi connectivity index (χ4n) is 0.913. The van der Waals surface area contributed by atoms with Gasteiger partial charge in [0.15, 0.2) is 0 Å². The van der Waals surface area contributed by atoms with Crippen molar-refractivity contribution in [3.63, 3.8) is 0 Å². The topological polar surface area (TPSA) is 35.5 Å². The van der Waals surface area contributed by atoms with E-state index in [9.17, 15) is 4.57 Å². The first-order chi connectivity index (χ1) is 6.66. The zero-order valence-corrected chi connectivity index (χ0v) is 16.7. The van der Waals surface area contributed by atoms with Gasteiger partial charge in [0.25, 0.3) is 0 Å². The van der Waals surface area contributed by atoms with E-state index in [0.717, 1.165) is 0 Å². The van der Waals surface area contributed by atoms with Gasteiger partial charge < -0.3 is 0 Å². The van der Waals surface area contributed by atoms with Crippen molar-refractivity contribution in [1.82, 2.24) is 0 Å². The molecule has 0 heterocycles. The summed E-state index contributed by atoms with van der Waals surface area (Å²) < 4.78 is 24.8. The Morgan fingerprint density at radius 1 is 0.812 bits per heavy atom. The zero-order valence-electron chi connectivity index (χ0n) is 12.1. The Bertz CT molecular complexity index is 269. The van der Waals surface area contributed by atoms with Gasteiger partial charge in [-0.05, 0) is 0 Å². The molecule has 0 bridgehead atoms. The summed E-state index contributed by atoms with van der Waals surface area (Å²) in [6, 6.07) is 0. The van der Waals surface area contributed by atoms with E-state index < -0.39 is 35.3 Å². The Balaban J connectivity index is 5.16. The molecule has 0 atom stereocenters. The average molecular weight is 349 g/mol. The maximum atomic E-state index is 13.0. The van der Waals surface area contributed by atoms with E-state index in [-0.39, 0.29) is 0 Å². The van der Waals surface area contributed by atoms with E-state index in [4.69, 9.17) is 8.43 Å². The van der Waals surface area contributed by atoms with Crippen LogP contribution in [-0.2, 0) is 13.0 Å². The van der Waals surface area contributed by atoms with Crippen LogP contribution in [0.1, 0.15) is 0 Å². The van der Waals surface area contributed by atoms with Crippen molar-refractivity contribution in [3.05, 3.63) is 0 Å². The first-order valence-corrected chi connectivity index (χ1v) is 21.1. The maximum absolute atomic E-state index is 13.0. The molecule has 0 aliphatic carbocycles. The van der Waals surface area contributed by atoms with Gasteiger partial charge in [-0.15, -0.1) is 0 Å². The summed E-state index contributed by atoms with van der Waals surface area (Å²) in [7, 11) is -3.66. The van der Waals surface area contributed by atoms with Crippen LogP contribution < -0.4 is 0 Å². The fourth-order valence-corrected chi connectivity index (χ4v) is 25.4. The van der Waals surface area contributed by atoms with Gasteiger partial charge in [0.1, 0.15) is 0 Å². The molecule has 0 saturated heterocycles. The summed E-state index contributed by atoms with van der Waals surface area (Å²) in [5.74, 6) is 6.24. The SMILES string of the molecule is C[Si](C)(C)OP(=O)(O[Si](C)(C)C)[Se](C)(C)C. The molecular weight excluding hydrogens is 322 g/mol. The summed E-state index contributed by atoms with van der Waals surface area (Å²) in [5, 5.41) is 0. The Labute approximate surface area is 105 Å². The van der Waals surface area contributed by atoms with Crippen molar-refractivity contribution in [3.8, 4) is 0 Å². The monoisotopic (exact) mass is 350 g/mol. The van der Waals surface area contributed by atoms with Crippen molar-refractivity contribution in [2.75, 3.05) is 0 Å². The molecule has 0 aromatic rings. The molecule has 0 aliphatic heterocycles. The predicted octanol–water partition coefficient (Wildman–Crippen LogP) is 4.72. The summed E-state index contributed by atoms with van der Waals surface area (Å²) >= 11 is -2.14. The first-order valence-electron chi connectivity index (χ1n) is 5.36. The Kier molecular flexibility index (Phi) is 5.35. The van der Waals surface area contributed by atoms with E-state index in [1.54, 1.807) is 0 Å².